The predicted octanol–water partition coefficient (Wildman–Crippen LogP) is 6.04. The standard InChI is InChI=1S/C28H26ClN3O4S/c1-17(2)16-32-27(34)24(30-20-11-13-22(36-3)14-12-20)25(28(32)35)37-23-6-4-5-21(15-23)31-26(33)18-7-9-19(29)10-8-18/h4-15,17,30H,16H2,1-3H3,(H,31,33). The van der Waals surface area contributed by atoms with Crippen molar-refractivity contribution in [3.05, 3.63) is 94.0 Å². The summed E-state index contributed by atoms with van der Waals surface area (Å²) >= 11 is 7.09. The molecule has 37 heavy (non-hydrogen) atoms. The van der Waals surface area contributed by atoms with Crippen molar-refractivity contribution >= 4 is 52.5 Å². The van der Waals surface area contributed by atoms with E-state index in [1.807, 2.05) is 19.9 Å². The van der Waals surface area contributed by atoms with Gasteiger partial charge in [0.05, 0.1) is 7.11 Å². The Morgan fingerprint density at radius 3 is 2.32 bits per heavy atom. The number of halogens is 1. The van der Waals surface area contributed by atoms with E-state index in [-0.39, 0.29) is 29.3 Å². The summed E-state index contributed by atoms with van der Waals surface area (Å²) in [7, 11) is 1.58. The maximum atomic E-state index is 13.3. The number of benzene rings is 3. The zero-order valence-electron chi connectivity index (χ0n) is 20.6. The van der Waals surface area contributed by atoms with Gasteiger partial charge in [-0.05, 0) is 72.6 Å². The molecule has 4 rings (SSSR count). The third-order valence-electron chi connectivity index (χ3n) is 5.45. The van der Waals surface area contributed by atoms with Gasteiger partial charge < -0.3 is 15.4 Å². The van der Waals surface area contributed by atoms with Crippen LogP contribution in [0.25, 0.3) is 0 Å². The number of amides is 3. The van der Waals surface area contributed by atoms with Crippen LogP contribution in [0.2, 0.25) is 5.02 Å². The molecule has 1 aliphatic rings. The lowest BCUT2D eigenvalue weighted by atomic mass is 10.2. The van der Waals surface area contributed by atoms with Crippen LogP contribution in [0, 0.1) is 5.92 Å². The van der Waals surface area contributed by atoms with Gasteiger partial charge in [0.25, 0.3) is 17.7 Å². The monoisotopic (exact) mass is 535 g/mol. The maximum absolute atomic E-state index is 13.3. The van der Waals surface area contributed by atoms with E-state index >= 15 is 0 Å². The molecule has 7 nitrogen and oxygen atoms in total. The normalized spacial score (nSPS) is 13.4. The fourth-order valence-corrected chi connectivity index (χ4v) is 4.80. The molecule has 0 aromatic heterocycles. The largest absolute Gasteiger partial charge is 0.497 e. The fraction of sp³-hybridized carbons (Fsp3) is 0.179. The summed E-state index contributed by atoms with van der Waals surface area (Å²) in [5.41, 5.74) is 1.91. The van der Waals surface area contributed by atoms with Gasteiger partial charge in [-0.3, -0.25) is 19.3 Å². The van der Waals surface area contributed by atoms with Crippen molar-refractivity contribution in [1.82, 2.24) is 4.90 Å². The van der Waals surface area contributed by atoms with Gasteiger partial charge >= 0.3 is 0 Å². The van der Waals surface area contributed by atoms with Crippen molar-refractivity contribution < 1.29 is 19.1 Å². The van der Waals surface area contributed by atoms with Crippen LogP contribution >= 0.6 is 23.4 Å². The van der Waals surface area contributed by atoms with Crippen LogP contribution in [-0.2, 0) is 9.59 Å². The van der Waals surface area contributed by atoms with E-state index in [4.69, 9.17) is 16.3 Å². The average molecular weight is 536 g/mol. The first-order chi connectivity index (χ1) is 17.7. The molecule has 3 aromatic carbocycles. The molecular weight excluding hydrogens is 510 g/mol. The third kappa shape index (κ3) is 6.34. The summed E-state index contributed by atoms with van der Waals surface area (Å²) < 4.78 is 5.20. The molecule has 0 fully saturated rings. The molecule has 0 saturated carbocycles. The van der Waals surface area contributed by atoms with Crippen LogP contribution in [-0.4, -0.2) is 36.3 Å². The minimum absolute atomic E-state index is 0.117. The number of hydrogen-bond donors (Lipinski definition) is 2. The molecule has 190 valence electrons. The first kappa shape index (κ1) is 26.3. The number of ether oxygens (including phenoxy) is 1. The number of rotatable bonds is 9. The minimum Gasteiger partial charge on any atom is -0.497 e. The molecule has 0 saturated heterocycles. The van der Waals surface area contributed by atoms with Crippen molar-refractivity contribution in [3.63, 3.8) is 0 Å². The van der Waals surface area contributed by atoms with E-state index in [9.17, 15) is 14.4 Å². The van der Waals surface area contributed by atoms with E-state index in [0.29, 0.717) is 44.1 Å². The highest BCUT2D eigenvalue weighted by Crippen LogP contribution is 2.37. The first-order valence-corrected chi connectivity index (χ1v) is 12.8. The first-order valence-electron chi connectivity index (χ1n) is 11.6. The van der Waals surface area contributed by atoms with Crippen molar-refractivity contribution in [2.45, 2.75) is 18.7 Å². The fourth-order valence-electron chi connectivity index (χ4n) is 3.67. The second-order valence-electron chi connectivity index (χ2n) is 8.76. The molecule has 9 heteroatoms. The Morgan fingerprint density at radius 1 is 0.973 bits per heavy atom. The highest BCUT2D eigenvalue weighted by Gasteiger charge is 2.39. The van der Waals surface area contributed by atoms with Gasteiger partial charge in [0.15, 0.2) is 0 Å². The minimum atomic E-state index is -0.371. The maximum Gasteiger partial charge on any atom is 0.278 e. The zero-order chi connectivity index (χ0) is 26.5. The number of imide groups is 1. The summed E-state index contributed by atoms with van der Waals surface area (Å²) in [5.74, 6) is -0.206. The smallest absolute Gasteiger partial charge is 0.278 e. The van der Waals surface area contributed by atoms with Crippen LogP contribution in [0.1, 0.15) is 24.2 Å². The van der Waals surface area contributed by atoms with Gasteiger partial charge in [0.1, 0.15) is 16.4 Å². The number of thioether (sulfide) groups is 1. The number of hydrogen-bond acceptors (Lipinski definition) is 6. The van der Waals surface area contributed by atoms with Gasteiger partial charge in [-0.15, -0.1) is 0 Å². The summed E-state index contributed by atoms with van der Waals surface area (Å²) in [4.78, 5) is 41.5. The van der Waals surface area contributed by atoms with Crippen molar-refractivity contribution in [3.8, 4) is 5.75 Å². The van der Waals surface area contributed by atoms with E-state index in [1.165, 1.54) is 16.7 Å². The number of nitrogens with zero attached hydrogens (tertiary/aromatic N) is 1. The van der Waals surface area contributed by atoms with Crippen LogP contribution in [0.3, 0.4) is 0 Å². The van der Waals surface area contributed by atoms with E-state index < -0.39 is 0 Å². The summed E-state index contributed by atoms with van der Waals surface area (Å²) in [5, 5.41) is 6.53. The molecule has 3 aromatic rings. The molecule has 0 unspecified atom stereocenters. The highest BCUT2D eigenvalue weighted by atomic mass is 35.5. The Kier molecular flexibility index (Phi) is 8.21. The quantitative estimate of drug-likeness (QED) is 0.325. The molecular formula is C28H26ClN3O4S. The summed E-state index contributed by atoms with van der Waals surface area (Å²) in [6.07, 6.45) is 0. The Balaban J connectivity index is 1.59. The number of carbonyl (C=O) groups excluding carboxylic acids is 3. The second kappa shape index (κ2) is 11.5. The third-order valence-corrected chi connectivity index (χ3v) is 6.78. The molecule has 1 heterocycles. The average Bonchev–Trinajstić information content (AvgIpc) is 3.08. The summed E-state index contributed by atoms with van der Waals surface area (Å²) in [6, 6.07) is 20.8. The molecule has 3 amide bonds. The molecule has 0 radical (unpaired) electrons. The van der Waals surface area contributed by atoms with E-state index in [0.717, 1.165) is 0 Å². The van der Waals surface area contributed by atoms with Crippen molar-refractivity contribution in [1.29, 1.82) is 0 Å². The Hall–Kier alpha value is -3.75. The lowest BCUT2D eigenvalue weighted by molar-refractivity contribution is -0.137. The Morgan fingerprint density at radius 2 is 1.68 bits per heavy atom. The SMILES string of the molecule is COc1ccc(NC2=C(Sc3cccc(NC(=O)c4ccc(Cl)cc4)c3)C(=O)N(CC(C)C)C2=O)cc1. The van der Waals surface area contributed by atoms with E-state index in [1.54, 1.807) is 73.8 Å². The van der Waals surface area contributed by atoms with Crippen molar-refractivity contribution in [2.24, 2.45) is 5.92 Å². The Labute approximate surface area is 224 Å². The Bertz CT molecular complexity index is 1350. The molecule has 0 spiro atoms. The van der Waals surface area contributed by atoms with Gasteiger partial charge in [-0.2, -0.15) is 0 Å². The van der Waals surface area contributed by atoms with Crippen molar-refractivity contribution in [2.75, 3.05) is 24.3 Å². The second-order valence-corrected chi connectivity index (χ2v) is 10.3. The van der Waals surface area contributed by atoms with Crippen LogP contribution in [0.5, 0.6) is 5.75 Å². The molecule has 0 aliphatic carbocycles. The van der Waals surface area contributed by atoms with Crippen LogP contribution in [0.4, 0.5) is 11.4 Å². The van der Waals surface area contributed by atoms with Gasteiger partial charge in [0.2, 0.25) is 0 Å². The number of carbonyl (C=O) groups is 3. The molecule has 1 aliphatic heterocycles. The number of methoxy groups -OCH3 is 1. The lowest BCUT2D eigenvalue weighted by Gasteiger charge is -2.17. The molecule has 2 N–H and O–H groups in total. The lowest BCUT2D eigenvalue weighted by Crippen LogP contribution is -2.35. The molecule has 0 atom stereocenters. The zero-order valence-corrected chi connectivity index (χ0v) is 22.2. The van der Waals surface area contributed by atoms with Gasteiger partial charge in [-0.25, -0.2) is 0 Å². The van der Waals surface area contributed by atoms with Crippen LogP contribution < -0.4 is 15.4 Å². The highest BCUT2D eigenvalue weighted by molar-refractivity contribution is 8.04. The number of nitrogens with one attached hydrogen (secondary N) is 2. The van der Waals surface area contributed by atoms with Crippen LogP contribution in [0.15, 0.2) is 88.3 Å². The topological polar surface area (TPSA) is 87.7 Å². The van der Waals surface area contributed by atoms with Gasteiger partial charge in [-0.1, -0.05) is 43.3 Å². The van der Waals surface area contributed by atoms with Gasteiger partial charge in [0, 0.05) is 33.4 Å². The van der Waals surface area contributed by atoms with E-state index in [2.05, 4.69) is 10.6 Å². The summed E-state index contributed by atoms with van der Waals surface area (Å²) in [6.45, 7) is 4.22. The predicted molar refractivity (Wildman–Crippen MR) is 147 cm³/mol. The molecule has 0 bridgehead atoms. The number of anilines is 2.